The van der Waals surface area contributed by atoms with Crippen molar-refractivity contribution in [3.63, 3.8) is 0 Å². The zero-order valence-corrected chi connectivity index (χ0v) is 7.60. The molecule has 0 bridgehead atoms. The maximum Gasteiger partial charge on any atom is 0.0759 e. The van der Waals surface area contributed by atoms with E-state index in [1.54, 1.807) is 0 Å². The normalized spacial score (nSPS) is 31.3. The van der Waals surface area contributed by atoms with E-state index in [1.807, 2.05) is 0 Å². The maximum atomic E-state index is 5.68. The molecule has 64 valence electrons. The molecular formula is C10H18O. The first-order valence-electron chi connectivity index (χ1n) is 4.57. The molecule has 1 saturated heterocycles. The first-order valence-corrected chi connectivity index (χ1v) is 4.57. The average molecular weight is 154 g/mol. The first-order chi connectivity index (χ1) is 5.24. The van der Waals surface area contributed by atoms with E-state index in [1.165, 1.54) is 24.8 Å². The Labute approximate surface area is 69.4 Å². The Morgan fingerprint density at radius 3 is 2.82 bits per heavy atom. The predicted octanol–water partition coefficient (Wildman–Crippen LogP) is 2.91. The highest BCUT2D eigenvalue weighted by molar-refractivity contribution is 5.07. The zero-order valence-electron chi connectivity index (χ0n) is 7.60. The molecule has 1 aliphatic rings. The average Bonchev–Trinajstić information content (AvgIpc) is 2.28. The Kier molecular flexibility index (Phi) is 3.13. The van der Waals surface area contributed by atoms with Gasteiger partial charge in [-0.1, -0.05) is 26.3 Å². The van der Waals surface area contributed by atoms with Crippen LogP contribution in [0.15, 0.2) is 12.2 Å². The zero-order chi connectivity index (χ0) is 8.27. The van der Waals surface area contributed by atoms with Gasteiger partial charge in [0.05, 0.1) is 12.2 Å². The molecule has 1 nitrogen and oxygen atoms in total. The number of ether oxygens (including phenoxy) is 1. The van der Waals surface area contributed by atoms with Crippen LogP contribution in [0.25, 0.3) is 0 Å². The molecule has 2 atom stereocenters. The minimum absolute atomic E-state index is 0.303. The molecule has 0 N–H and O–H groups in total. The number of unbranched alkanes of at least 4 members (excludes halogenated alkanes) is 1. The van der Waals surface area contributed by atoms with E-state index in [0.717, 1.165) is 6.42 Å². The van der Waals surface area contributed by atoms with Crippen LogP contribution in [0.1, 0.15) is 39.5 Å². The van der Waals surface area contributed by atoms with Gasteiger partial charge in [-0.25, -0.2) is 0 Å². The summed E-state index contributed by atoms with van der Waals surface area (Å²) in [4.78, 5) is 0. The second-order valence-electron chi connectivity index (χ2n) is 3.40. The van der Waals surface area contributed by atoms with Gasteiger partial charge in [0.1, 0.15) is 0 Å². The highest BCUT2D eigenvalue weighted by Crippen LogP contribution is 2.26. The Balaban J connectivity index is 2.24. The summed E-state index contributed by atoms with van der Waals surface area (Å²) in [6, 6.07) is 0. The molecule has 0 saturated carbocycles. The van der Waals surface area contributed by atoms with E-state index in [4.69, 9.17) is 4.74 Å². The molecule has 0 aliphatic carbocycles. The quantitative estimate of drug-likeness (QED) is 0.568. The van der Waals surface area contributed by atoms with Gasteiger partial charge in [0, 0.05) is 0 Å². The topological polar surface area (TPSA) is 9.23 Å². The summed E-state index contributed by atoms with van der Waals surface area (Å²) in [5, 5.41) is 0. The summed E-state index contributed by atoms with van der Waals surface area (Å²) >= 11 is 0. The number of hydrogen-bond acceptors (Lipinski definition) is 1. The van der Waals surface area contributed by atoms with E-state index in [2.05, 4.69) is 20.4 Å². The fraction of sp³-hybridized carbons (Fsp3) is 0.800. The number of hydrogen-bond donors (Lipinski definition) is 0. The molecule has 1 heteroatoms. The molecule has 0 spiro atoms. The van der Waals surface area contributed by atoms with Crippen molar-refractivity contribution in [3.8, 4) is 0 Å². The Morgan fingerprint density at radius 2 is 2.36 bits per heavy atom. The molecular weight excluding hydrogens is 136 g/mol. The van der Waals surface area contributed by atoms with Crippen LogP contribution < -0.4 is 0 Å². The highest BCUT2D eigenvalue weighted by Gasteiger charge is 2.24. The molecule has 1 fully saturated rings. The molecule has 1 rings (SSSR count). The van der Waals surface area contributed by atoms with Crippen LogP contribution in [-0.2, 0) is 4.74 Å². The monoisotopic (exact) mass is 154 g/mol. The second-order valence-corrected chi connectivity index (χ2v) is 3.40. The van der Waals surface area contributed by atoms with Crippen LogP contribution in [0.2, 0.25) is 0 Å². The standard InChI is InChI=1S/C10H18O/c1-4-5-6-10-7-8(2)9(3)11-10/h9-10H,2,4-7H2,1,3H3. The van der Waals surface area contributed by atoms with Gasteiger partial charge in [0.25, 0.3) is 0 Å². The van der Waals surface area contributed by atoms with Crippen molar-refractivity contribution in [2.75, 3.05) is 0 Å². The van der Waals surface area contributed by atoms with Gasteiger partial charge in [-0.05, 0) is 25.3 Å². The molecule has 0 aromatic carbocycles. The van der Waals surface area contributed by atoms with Crippen molar-refractivity contribution in [2.24, 2.45) is 0 Å². The summed E-state index contributed by atoms with van der Waals surface area (Å²) < 4.78 is 5.68. The van der Waals surface area contributed by atoms with Gasteiger partial charge in [0.2, 0.25) is 0 Å². The van der Waals surface area contributed by atoms with Crippen LogP contribution in [0.5, 0.6) is 0 Å². The van der Waals surface area contributed by atoms with Crippen LogP contribution in [0, 0.1) is 0 Å². The minimum Gasteiger partial charge on any atom is -0.371 e. The van der Waals surface area contributed by atoms with Crippen LogP contribution in [0.3, 0.4) is 0 Å². The third-order valence-electron chi connectivity index (χ3n) is 2.34. The molecule has 11 heavy (non-hydrogen) atoms. The van der Waals surface area contributed by atoms with Crippen LogP contribution in [-0.4, -0.2) is 12.2 Å². The Hall–Kier alpha value is -0.300. The SMILES string of the molecule is C=C1CC(CCCC)OC1C. The summed E-state index contributed by atoms with van der Waals surface area (Å²) in [5.74, 6) is 0. The molecule has 1 aliphatic heterocycles. The fourth-order valence-electron chi connectivity index (χ4n) is 1.49. The lowest BCUT2D eigenvalue weighted by molar-refractivity contribution is 0.0558. The first kappa shape index (κ1) is 8.79. The van der Waals surface area contributed by atoms with E-state index >= 15 is 0 Å². The van der Waals surface area contributed by atoms with Gasteiger partial charge < -0.3 is 4.74 Å². The third kappa shape index (κ3) is 2.33. The molecule has 0 aromatic heterocycles. The molecule has 1 heterocycles. The van der Waals surface area contributed by atoms with E-state index < -0.39 is 0 Å². The summed E-state index contributed by atoms with van der Waals surface area (Å²) in [6.07, 6.45) is 5.61. The van der Waals surface area contributed by atoms with E-state index in [0.29, 0.717) is 12.2 Å². The van der Waals surface area contributed by atoms with Crippen LogP contribution >= 0.6 is 0 Å². The van der Waals surface area contributed by atoms with Gasteiger partial charge in [-0.2, -0.15) is 0 Å². The lowest BCUT2D eigenvalue weighted by Gasteiger charge is -2.08. The third-order valence-corrected chi connectivity index (χ3v) is 2.34. The van der Waals surface area contributed by atoms with Crippen molar-refractivity contribution in [1.82, 2.24) is 0 Å². The van der Waals surface area contributed by atoms with Crippen LogP contribution in [0.4, 0.5) is 0 Å². The molecule has 0 aromatic rings. The summed E-state index contributed by atoms with van der Waals surface area (Å²) in [7, 11) is 0. The maximum absolute atomic E-state index is 5.68. The Morgan fingerprint density at radius 1 is 1.64 bits per heavy atom. The Bertz CT molecular complexity index is 140. The van der Waals surface area contributed by atoms with Crippen molar-refractivity contribution >= 4 is 0 Å². The number of rotatable bonds is 3. The lowest BCUT2D eigenvalue weighted by Crippen LogP contribution is -2.07. The predicted molar refractivity (Wildman–Crippen MR) is 47.6 cm³/mol. The van der Waals surface area contributed by atoms with Gasteiger partial charge in [-0.15, -0.1) is 0 Å². The molecule has 0 radical (unpaired) electrons. The fourth-order valence-corrected chi connectivity index (χ4v) is 1.49. The lowest BCUT2D eigenvalue weighted by atomic mass is 10.1. The van der Waals surface area contributed by atoms with Gasteiger partial charge >= 0.3 is 0 Å². The van der Waals surface area contributed by atoms with Gasteiger partial charge in [-0.3, -0.25) is 0 Å². The van der Waals surface area contributed by atoms with E-state index in [-0.39, 0.29) is 0 Å². The summed E-state index contributed by atoms with van der Waals surface area (Å²) in [6.45, 7) is 8.28. The van der Waals surface area contributed by atoms with Crippen molar-refractivity contribution in [2.45, 2.75) is 51.7 Å². The van der Waals surface area contributed by atoms with Crippen molar-refractivity contribution < 1.29 is 4.74 Å². The second kappa shape index (κ2) is 3.91. The molecule has 2 unspecified atom stereocenters. The van der Waals surface area contributed by atoms with E-state index in [9.17, 15) is 0 Å². The van der Waals surface area contributed by atoms with Crippen molar-refractivity contribution in [1.29, 1.82) is 0 Å². The summed E-state index contributed by atoms with van der Waals surface area (Å²) in [5.41, 5.74) is 1.27. The molecule has 0 amide bonds. The largest absolute Gasteiger partial charge is 0.371 e. The minimum atomic E-state index is 0.303. The van der Waals surface area contributed by atoms with Gasteiger partial charge in [0.15, 0.2) is 0 Å². The highest BCUT2D eigenvalue weighted by atomic mass is 16.5. The van der Waals surface area contributed by atoms with Crippen molar-refractivity contribution in [3.05, 3.63) is 12.2 Å². The smallest absolute Gasteiger partial charge is 0.0759 e.